The number of anilines is 1. The molecule has 4 heterocycles. The molecule has 2 aliphatic heterocycles. The topological polar surface area (TPSA) is 86.8 Å². The number of carbonyl (C=O) groups is 1. The number of benzene rings is 1. The van der Waals surface area contributed by atoms with Crippen LogP contribution < -0.4 is 10.2 Å². The van der Waals surface area contributed by atoms with Gasteiger partial charge in [-0.3, -0.25) is 4.79 Å². The molecular formula is C22H19ClF6N6O. The molecule has 2 atom stereocenters. The van der Waals surface area contributed by atoms with E-state index in [1.54, 1.807) is 18.2 Å². The molecule has 1 saturated heterocycles. The first kappa shape index (κ1) is 24.6. The van der Waals surface area contributed by atoms with Crippen molar-refractivity contribution in [2.45, 2.75) is 44.1 Å². The number of hydrogen-bond acceptors (Lipinski definition) is 5. The van der Waals surface area contributed by atoms with E-state index < -0.39 is 41.9 Å². The summed E-state index contributed by atoms with van der Waals surface area (Å²) < 4.78 is 80.6. The Bertz CT molecular complexity index is 1290. The summed E-state index contributed by atoms with van der Waals surface area (Å²) in [5.41, 5.74) is 2.14. The van der Waals surface area contributed by atoms with Crippen LogP contribution in [0.5, 0.6) is 0 Å². The predicted octanol–water partition coefficient (Wildman–Crippen LogP) is 5.06. The Morgan fingerprint density at radius 3 is 2.39 bits per heavy atom. The third kappa shape index (κ3) is 4.56. The molecule has 1 aromatic carbocycles. The summed E-state index contributed by atoms with van der Waals surface area (Å²) in [4.78, 5) is 26.5. The average molecular weight is 533 g/mol. The number of H-pyrrole nitrogens is 1. The largest absolute Gasteiger partial charge is 0.451 e. The number of alkyl halides is 6. The summed E-state index contributed by atoms with van der Waals surface area (Å²) in [5, 5.41) is 4.06. The Labute approximate surface area is 205 Å². The van der Waals surface area contributed by atoms with Crippen LogP contribution in [-0.2, 0) is 23.6 Å². The van der Waals surface area contributed by atoms with Gasteiger partial charge in [-0.2, -0.15) is 36.3 Å². The van der Waals surface area contributed by atoms with Crippen molar-refractivity contribution in [2.75, 3.05) is 18.0 Å². The van der Waals surface area contributed by atoms with Crippen molar-refractivity contribution in [1.82, 2.24) is 25.3 Å². The van der Waals surface area contributed by atoms with Gasteiger partial charge in [0.05, 0.1) is 6.04 Å². The maximum absolute atomic E-state index is 13.4. The lowest BCUT2D eigenvalue weighted by Crippen LogP contribution is -2.42. The van der Waals surface area contributed by atoms with Gasteiger partial charge in [-0.25, -0.2) is 4.98 Å². The zero-order valence-electron chi connectivity index (χ0n) is 18.5. The summed E-state index contributed by atoms with van der Waals surface area (Å²) in [6.45, 7) is 0.543. The van der Waals surface area contributed by atoms with Crippen LogP contribution in [0.15, 0.2) is 18.2 Å². The van der Waals surface area contributed by atoms with Crippen molar-refractivity contribution in [3.05, 3.63) is 46.1 Å². The van der Waals surface area contributed by atoms with Gasteiger partial charge in [-0.15, -0.1) is 0 Å². The first-order chi connectivity index (χ1) is 16.9. The van der Waals surface area contributed by atoms with E-state index in [0.717, 1.165) is 10.9 Å². The molecule has 0 saturated carbocycles. The van der Waals surface area contributed by atoms with Crippen molar-refractivity contribution in [1.29, 1.82) is 0 Å². The second-order valence-electron chi connectivity index (χ2n) is 8.81. The van der Waals surface area contributed by atoms with Crippen LogP contribution in [0, 0.1) is 5.92 Å². The van der Waals surface area contributed by atoms with Gasteiger partial charge in [-0.1, -0.05) is 11.6 Å². The van der Waals surface area contributed by atoms with E-state index in [9.17, 15) is 31.1 Å². The number of carbonyl (C=O) groups excluding carboxylic acids is 1. The molecule has 192 valence electrons. The fourth-order valence-corrected chi connectivity index (χ4v) is 5.07. The molecule has 0 aliphatic carbocycles. The molecule has 3 aromatic rings. The molecule has 36 heavy (non-hydrogen) atoms. The van der Waals surface area contributed by atoms with Crippen molar-refractivity contribution in [2.24, 2.45) is 5.92 Å². The summed E-state index contributed by atoms with van der Waals surface area (Å²) in [7, 11) is 0. The number of aromatic amines is 1. The lowest BCUT2D eigenvalue weighted by Gasteiger charge is -2.38. The van der Waals surface area contributed by atoms with Crippen LogP contribution in [0.1, 0.15) is 48.2 Å². The van der Waals surface area contributed by atoms with Gasteiger partial charge in [0.2, 0.25) is 23.5 Å². The molecule has 2 aliphatic rings. The first-order valence-corrected chi connectivity index (χ1v) is 11.5. The van der Waals surface area contributed by atoms with E-state index in [1.165, 1.54) is 4.90 Å². The van der Waals surface area contributed by atoms with Crippen molar-refractivity contribution < 1.29 is 31.1 Å². The standard InChI is InChI=1S/C22H19ClF6N6O/c23-11-3-4-14-13(9-11)12-5-7-35(15(16(12)31-14)8-10-2-1-6-30-17(10)36)20-33-18(21(24,25)26)32-19(34-20)22(27,28)29/h3-4,9-10,15,31H,1-2,5-8H2,(H,30,36)/t10-,15-/m1/s1. The maximum atomic E-state index is 13.4. The number of nitrogens with one attached hydrogen (secondary N) is 2. The molecule has 0 unspecified atom stereocenters. The summed E-state index contributed by atoms with van der Waals surface area (Å²) in [6, 6.07) is 4.39. The Morgan fingerprint density at radius 1 is 1.06 bits per heavy atom. The van der Waals surface area contributed by atoms with E-state index in [4.69, 9.17) is 11.6 Å². The molecule has 2 aromatic heterocycles. The van der Waals surface area contributed by atoms with Crippen molar-refractivity contribution in [3.8, 4) is 0 Å². The minimum atomic E-state index is -5.21. The molecule has 1 fully saturated rings. The fourth-order valence-electron chi connectivity index (χ4n) is 4.90. The molecule has 0 radical (unpaired) electrons. The third-order valence-electron chi connectivity index (χ3n) is 6.51. The van der Waals surface area contributed by atoms with Gasteiger partial charge in [0.15, 0.2) is 0 Å². The molecule has 5 rings (SSSR count). The number of hydrogen-bond donors (Lipinski definition) is 2. The number of amides is 1. The lowest BCUT2D eigenvalue weighted by atomic mass is 9.86. The zero-order chi connectivity index (χ0) is 25.8. The normalized spacial score (nSPS) is 21.0. The monoisotopic (exact) mass is 532 g/mol. The molecular weight excluding hydrogens is 514 g/mol. The van der Waals surface area contributed by atoms with E-state index in [0.29, 0.717) is 35.6 Å². The Kier molecular flexibility index (Phi) is 6.00. The number of aromatic nitrogens is 4. The minimum Gasteiger partial charge on any atom is -0.356 e. The highest BCUT2D eigenvalue weighted by Crippen LogP contribution is 2.42. The smallest absolute Gasteiger partial charge is 0.356 e. The lowest BCUT2D eigenvalue weighted by molar-refractivity contribution is -0.155. The number of rotatable bonds is 3. The fraction of sp³-hybridized carbons (Fsp3) is 0.455. The number of nitrogens with zero attached hydrogens (tertiary/aromatic N) is 4. The summed E-state index contributed by atoms with van der Waals surface area (Å²) >= 11 is 6.16. The van der Waals surface area contributed by atoms with Gasteiger partial charge < -0.3 is 15.2 Å². The molecule has 7 nitrogen and oxygen atoms in total. The highest BCUT2D eigenvalue weighted by Gasteiger charge is 2.44. The van der Waals surface area contributed by atoms with E-state index >= 15 is 0 Å². The highest BCUT2D eigenvalue weighted by atomic mass is 35.5. The van der Waals surface area contributed by atoms with Gasteiger partial charge in [0.25, 0.3) is 0 Å². The highest BCUT2D eigenvalue weighted by molar-refractivity contribution is 6.31. The molecule has 2 N–H and O–H groups in total. The molecule has 0 spiro atoms. The summed E-state index contributed by atoms with van der Waals surface area (Å²) in [5.74, 6) is -5.30. The zero-order valence-corrected chi connectivity index (χ0v) is 19.2. The van der Waals surface area contributed by atoms with E-state index in [-0.39, 0.29) is 25.3 Å². The molecule has 0 bridgehead atoms. The Morgan fingerprint density at radius 2 is 1.75 bits per heavy atom. The van der Waals surface area contributed by atoms with Crippen LogP contribution in [0.3, 0.4) is 0 Å². The number of piperidine rings is 1. The van der Waals surface area contributed by atoms with Gasteiger partial charge in [0, 0.05) is 40.6 Å². The van der Waals surface area contributed by atoms with Gasteiger partial charge in [-0.05, 0) is 49.4 Å². The first-order valence-electron chi connectivity index (χ1n) is 11.2. The van der Waals surface area contributed by atoms with Gasteiger partial charge >= 0.3 is 12.4 Å². The SMILES string of the molecule is O=C1NCCC[C@@H]1C[C@@H]1c2[nH]c3ccc(Cl)cc3c2CCN1c1nc(C(F)(F)F)nc(C(F)(F)F)n1. The predicted molar refractivity (Wildman–Crippen MR) is 117 cm³/mol. The minimum absolute atomic E-state index is 0.0318. The Balaban J connectivity index is 1.65. The second-order valence-corrected chi connectivity index (χ2v) is 9.25. The maximum Gasteiger partial charge on any atom is 0.451 e. The third-order valence-corrected chi connectivity index (χ3v) is 6.74. The van der Waals surface area contributed by atoms with Crippen molar-refractivity contribution >= 4 is 34.4 Å². The van der Waals surface area contributed by atoms with Crippen LogP contribution in [0.2, 0.25) is 5.02 Å². The van der Waals surface area contributed by atoms with E-state index in [2.05, 4.69) is 25.3 Å². The molecule has 14 heteroatoms. The van der Waals surface area contributed by atoms with Gasteiger partial charge in [0.1, 0.15) is 0 Å². The second kappa shape index (κ2) is 8.79. The van der Waals surface area contributed by atoms with E-state index in [1.807, 2.05) is 0 Å². The number of halogens is 7. The summed E-state index contributed by atoms with van der Waals surface area (Å²) in [6.07, 6.45) is -8.74. The van der Waals surface area contributed by atoms with Crippen molar-refractivity contribution in [3.63, 3.8) is 0 Å². The average Bonchev–Trinajstić information content (AvgIpc) is 3.17. The quantitative estimate of drug-likeness (QED) is 0.460. The van der Waals surface area contributed by atoms with Crippen LogP contribution in [0.25, 0.3) is 10.9 Å². The van der Waals surface area contributed by atoms with Crippen LogP contribution >= 0.6 is 11.6 Å². The Hall–Kier alpha value is -3.09. The molecule has 1 amide bonds. The van der Waals surface area contributed by atoms with Crippen LogP contribution in [0.4, 0.5) is 32.3 Å². The number of fused-ring (bicyclic) bond motifs is 3. The van der Waals surface area contributed by atoms with Crippen LogP contribution in [-0.4, -0.2) is 38.9 Å².